The van der Waals surface area contributed by atoms with Crippen LogP contribution in [0.4, 0.5) is 0 Å². The molecule has 7 heteroatoms. The fraction of sp³-hybridized carbons (Fsp3) is 0.588. The predicted octanol–water partition coefficient (Wildman–Crippen LogP) is 2.40. The van der Waals surface area contributed by atoms with Crippen molar-refractivity contribution in [2.24, 2.45) is 0 Å². The minimum absolute atomic E-state index is 0.0294. The topological polar surface area (TPSA) is 75.7 Å². The zero-order valence-corrected chi connectivity index (χ0v) is 15.4. The first-order valence-electron chi connectivity index (χ1n) is 8.39. The van der Waals surface area contributed by atoms with Gasteiger partial charge in [0, 0.05) is 24.7 Å². The first-order valence-corrected chi connectivity index (χ1v) is 9.83. The van der Waals surface area contributed by atoms with Gasteiger partial charge in [-0.3, -0.25) is 4.79 Å². The summed E-state index contributed by atoms with van der Waals surface area (Å²) in [6.45, 7) is 4.90. The maximum absolute atomic E-state index is 12.9. The van der Waals surface area contributed by atoms with E-state index < -0.39 is 10.0 Å². The number of methoxy groups -OCH3 is 1. The van der Waals surface area contributed by atoms with Crippen LogP contribution in [0.25, 0.3) is 0 Å². The van der Waals surface area contributed by atoms with E-state index in [1.807, 2.05) is 13.8 Å². The molecule has 1 unspecified atom stereocenters. The molecular formula is C17H26N2O4S. The van der Waals surface area contributed by atoms with E-state index in [9.17, 15) is 13.2 Å². The number of carbonyl (C=O) groups excluding carboxylic acids is 1. The van der Waals surface area contributed by atoms with E-state index in [0.29, 0.717) is 18.7 Å². The molecule has 0 saturated carbocycles. The zero-order valence-electron chi connectivity index (χ0n) is 14.5. The van der Waals surface area contributed by atoms with E-state index in [-0.39, 0.29) is 22.6 Å². The molecule has 1 saturated heterocycles. The van der Waals surface area contributed by atoms with Crippen LogP contribution < -0.4 is 10.1 Å². The number of sulfonamides is 1. The van der Waals surface area contributed by atoms with Gasteiger partial charge in [-0.2, -0.15) is 4.31 Å². The summed E-state index contributed by atoms with van der Waals surface area (Å²) in [5.41, 5.74) is 0.326. The Morgan fingerprint density at radius 3 is 2.54 bits per heavy atom. The van der Waals surface area contributed by atoms with E-state index >= 15 is 0 Å². The smallest absolute Gasteiger partial charge is 0.251 e. The van der Waals surface area contributed by atoms with Gasteiger partial charge in [-0.25, -0.2) is 8.42 Å². The molecule has 24 heavy (non-hydrogen) atoms. The summed E-state index contributed by atoms with van der Waals surface area (Å²) in [6.07, 6.45) is 3.56. The van der Waals surface area contributed by atoms with Crippen molar-refractivity contribution in [3.05, 3.63) is 23.8 Å². The molecule has 1 atom stereocenters. The van der Waals surface area contributed by atoms with Crippen LogP contribution in [0.1, 0.15) is 49.9 Å². The van der Waals surface area contributed by atoms with Gasteiger partial charge >= 0.3 is 0 Å². The predicted molar refractivity (Wildman–Crippen MR) is 92.8 cm³/mol. The number of nitrogens with one attached hydrogen (secondary N) is 1. The Bertz CT molecular complexity index is 682. The molecule has 1 aromatic carbocycles. The minimum atomic E-state index is -3.67. The molecule has 0 aliphatic carbocycles. The number of piperidine rings is 1. The van der Waals surface area contributed by atoms with Gasteiger partial charge in [-0.05, 0) is 44.4 Å². The van der Waals surface area contributed by atoms with Gasteiger partial charge in [0.25, 0.3) is 5.91 Å². The van der Waals surface area contributed by atoms with Crippen LogP contribution >= 0.6 is 0 Å². The summed E-state index contributed by atoms with van der Waals surface area (Å²) < 4.78 is 32.6. The Kier molecular flexibility index (Phi) is 6.23. The van der Waals surface area contributed by atoms with Crippen LogP contribution in [0.3, 0.4) is 0 Å². The lowest BCUT2D eigenvalue weighted by atomic mass is 10.2. The van der Waals surface area contributed by atoms with Crippen molar-refractivity contribution >= 4 is 15.9 Å². The Morgan fingerprint density at radius 2 is 1.96 bits per heavy atom. The Morgan fingerprint density at radius 1 is 1.29 bits per heavy atom. The van der Waals surface area contributed by atoms with Crippen LogP contribution in [-0.4, -0.2) is 44.9 Å². The summed E-state index contributed by atoms with van der Waals surface area (Å²) in [5, 5.41) is 2.85. The molecule has 134 valence electrons. The van der Waals surface area contributed by atoms with Crippen molar-refractivity contribution in [2.75, 3.05) is 20.2 Å². The largest absolute Gasteiger partial charge is 0.495 e. The van der Waals surface area contributed by atoms with Crippen molar-refractivity contribution in [1.82, 2.24) is 9.62 Å². The number of ether oxygens (including phenoxy) is 1. The number of benzene rings is 1. The maximum Gasteiger partial charge on any atom is 0.251 e. The number of rotatable bonds is 6. The summed E-state index contributed by atoms with van der Waals surface area (Å²) in [4.78, 5) is 12.4. The quantitative estimate of drug-likeness (QED) is 0.851. The fourth-order valence-corrected chi connectivity index (χ4v) is 4.37. The number of hydrogen-bond acceptors (Lipinski definition) is 4. The van der Waals surface area contributed by atoms with Gasteiger partial charge in [0.1, 0.15) is 10.6 Å². The molecule has 1 aromatic rings. The summed E-state index contributed by atoms with van der Waals surface area (Å²) in [5.74, 6) is -0.0113. The van der Waals surface area contributed by atoms with E-state index in [4.69, 9.17) is 4.74 Å². The molecular weight excluding hydrogens is 328 g/mol. The van der Waals surface area contributed by atoms with E-state index in [0.717, 1.165) is 25.7 Å². The van der Waals surface area contributed by atoms with E-state index in [1.54, 1.807) is 12.1 Å². The first kappa shape index (κ1) is 18.7. The first-order chi connectivity index (χ1) is 11.4. The molecule has 1 amide bonds. The van der Waals surface area contributed by atoms with Crippen molar-refractivity contribution in [3.63, 3.8) is 0 Å². The Hall–Kier alpha value is -1.60. The van der Waals surface area contributed by atoms with Gasteiger partial charge in [-0.1, -0.05) is 13.3 Å². The molecule has 0 aromatic heterocycles. The Balaban J connectivity index is 2.37. The summed E-state index contributed by atoms with van der Waals surface area (Å²) in [6, 6.07) is 4.58. The highest BCUT2D eigenvalue weighted by Gasteiger charge is 2.29. The van der Waals surface area contributed by atoms with Crippen molar-refractivity contribution < 1.29 is 17.9 Å². The summed E-state index contributed by atoms with van der Waals surface area (Å²) in [7, 11) is -2.23. The van der Waals surface area contributed by atoms with Crippen molar-refractivity contribution in [3.8, 4) is 5.75 Å². The molecule has 0 bridgehead atoms. The molecule has 1 N–H and O–H groups in total. The van der Waals surface area contributed by atoms with Crippen LogP contribution in [-0.2, 0) is 10.0 Å². The highest BCUT2D eigenvalue weighted by Crippen LogP contribution is 2.29. The third-order valence-corrected chi connectivity index (χ3v) is 6.27. The number of hydrogen-bond donors (Lipinski definition) is 1. The van der Waals surface area contributed by atoms with Crippen LogP contribution in [0, 0.1) is 0 Å². The van der Waals surface area contributed by atoms with Gasteiger partial charge in [-0.15, -0.1) is 0 Å². The maximum atomic E-state index is 12.9. The number of nitrogens with zero attached hydrogens (tertiary/aromatic N) is 1. The minimum Gasteiger partial charge on any atom is -0.495 e. The lowest BCUT2D eigenvalue weighted by Crippen LogP contribution is -2.36. The third-order valence-electron chi connectivity index (χ3n) is 4.35. The fourth-order valence-electron chi connectivity index (χ4n) is 2.67. The molecule has 1 aliphatic heterocycles. The normalized spacial score (nSPS) is 17.3. The van der Waals surface area contributed by atoms with Gasteiger partial charge < -0.3 is 10.1 Å². The SMILES string of the molecule is CCC(C)NC(=O)c1ccc(OC)c(S(=O)(=O)N2CCCCC2)c1. The second-order valence-electron chi connectivity index (χ2n) is 6.11. The second-order valence-corrected chi connectivity index (χ2v) is 8.02. The van der Waals surface area contributed by atoms with Crippen molar-refractivity contribution in [2.45, 2.75) is 50.5 Å². The molecule has 6 nitrogen and oxygen atoms in total. The van der Waals surface area contributed by atoms with Gasteiger partial charge in [0.05, 0.1) is 7.11 Å². The third kappa shape index (κ3) is 4.08. The average Bonchev–Trinajstić information content (AvgIpc) is 2.61. The summed E-state index contributed by atoms with van der Waals surface area (Å²) >= 11 is 0. The second kappa shape index (κ2) is 7.98. The van der Waals surface area contributed by atoms with Gasteiger partial charge in [0.2, 0.25) is 10.0 Å². The van der Waals surface area contributed by atoms with Crippen LogP contribution in [0.2, 0.25) is 0 Å². The molecule has 1 heterocycles. The number of amides is 1. The Labute approximate surface area is 144 Å². The molecule has 0 spiro atoms. The average molecular weight is 354 g/mol. The molecule has 1 fully saturated rings. The molecule has 0 radical (unpaired) electrons. The highest BCUT2D eigenvalue weighted by molar-refractivity contribution is 7.89. The van der Waals surface area contributed by atoms with Crippen LogP contribution in [0.5, 0.6) is 5.75 Å². The monoisotopic (exact) mass is 354 g/mol. The van der Waals surface area contributed by atoms with Crippen molar-refractivity contribution in [1.29, 1.82) is 0 Å². The zero-order chi connectivity index (χ0) is 17.7. The molecule has 2 rings (SSSR count). The van der Waals surface area contributed by atoms with Crippen LogP contribution in [0.15, 0.2) is 23.1 Å². The molecule has 1 aliphatic rings. The lowest BCUT2D eigenvalue weighted by Gasteiger charge is -2.26. The highest BCUT2D eigenvalue weighted by atomic mass is 32.2. The number of carbonyl (C=O) groups is 1. The lowest BCUT2D eigenvalue weighted by molar-refractivity contribution is 0.0939. The van der Waals surface area contributed by atoms with E-state index in [2.05, 4.69) is 5.32 Å². The standard InChI is InChI=1S/C17H26N2O4S/c1-4-13(2)18-17(20)14-8-9-15(23-3)16(12-14)24(21,22)19-10-6-5-7-11-19/h8-9,12-13H,4-7,10-11H2,1-3H3,(H,18,20). The van der Waals surface area contributed by atoms with Gasteiger partial charge in [0.15, 0.2) is 0 Å². The van der Waals surface area contributed by atoms with E-state index in [1.165, 1.54) is 17.5 Å².